The molecule has 0 amide bonds. The normalized spacial score (nSPS) is 12.5. The zero-order valence-electron chi connectivity index (χ0n) is 6.23. The van der Waals surface area contributed by atoms with Crippen LogP contribution < -0.4 is 0 Å². The lowest BCUT2D eigenvalue weighted by Crippen LogP contribution is -1.93. The van der Waals surface area contributed by atoms with Crippen molar-refractivity contribution in [3.05, 3.63) is 18.0 Å². The highest BCUT2D eigenvalue weighted by molar-refractivity contribution is 5.14. The van der Waals surface area contributed by atoms with Crippen LogP contribution in [0.2, 0.25) is 0 Å². The van der Waals surface area contributed by atoms with Gasteiger partial charge in [-0.1, -0.05) is 0 Å². The van der Waals surface area contributed by atoms with Crippen molar-refractivity contribution in [2.45, 2.75) is 19.6 Å². The Bertz CT molecular complexity index is 273. The van der Waals surface area contributed by atoms with E-state index >= 15 is 0 Å². The molecule has 1 atom stereocenters. The van der Waals surface area contributed by atoms with Gasteiger partial charge in [0.05, 0.1) is 12.3 Å². The van der Waals surface area contributed by atoms with Crippen molar-refractivity contribution < 1.29 is 5.11 Å². The predicted octanol–water partition coefficient (Wildman–Crippen LogP) is 0.460. The third-order valence-corrected chi connectivity index (χ3v) is 1.42. The Morgan fingerprint density at radius 1 is 1.91 bits per heavy atom. The molecule has 0 saturated heterocycles. The van der Waals surface area contributed by atoms with Gasteiger partial charge in [0, 0.05) is 18.3 Å². The molecule has 0 aromatic carbocycles. The van der Waals surface area contributed by atoms with Gasteiger partial charge >= 0.3 is 0 Å². The van der Waals surface area contributed by atoms with Gasteiger partial charge in [-0.15, -0.1) is 0 Å². The summed E-state index contributed by atoms with van der Waals surface area (Å²) in [6.07, 6.45) is 2.11. The molecule has 0 radical (unpaired) electrons. The zero-order valence-corrected chi connectivity index (χ0v) is 6.23. The van der Waals surface area contributed by atoms with E-state index in [1.165, 1.54) is 6.20 Å². The van der Waals surface area contributed by atoms with Gasteiger partial charge in [-0.05, 0) is 6.92 Å². The number of aliphatic hydroxyl groups is 1. The second-order valence-corrected chi connectivity index (χ2v) is 2.16. The van der Waals surface area contributed by atoms with Crippen molar-refractivity contribution in [2.24, 2.45) is 0 Å². The zero-order chi connectivity index (χ0) is 8.27. The Morgan fingerprint density at radius 2 is 2.64 bits per heavy atom. The summed E-state index contributed by atoms with van der Waals surface area (Å²) in [4.78, 5) is 0. The number of aryl methyl sites for hydroxylation is 1. The Morgan fingerprint density at radius 3 is 3.09 bits per heavy atom. The molecule has 1 N–H and O–H groups in total. The first-order chi connectivity index (χ1) is 5.27. The van der Waals surface area contributed by atoms with E-state index < -0.39 is 6.10 Å². The van der Waals surface area contributed by atoms with Crippen molar-refractivity contribution in [1.29, 1.82) is 5.26 Å². The minimum Gasteiger partial charge on any atom is -0.374 e. The van der Waals surface area contributed by atoms with Crippen LogP contribution in [0.15, 0.2) is 12.4 Å². The topological polar surface area (TPSA) is 61.8 Å². The second-order valence-electron chi connectivity index (χ2n) is 2.16. The molecule has 1 unspecified atom stereocenters. The number of hydrogen-bond acceptors (Lipinski definition) is 3. The number of aliphatic hydroxyl groups excluding tert-OH is 1. The van der Waals surface area contributed by atoms with E-state index in [1.807, 2.05) is 6.92 Å². The smallest absolute Gasteiger partial charge is 0.168 e. The van der Waals surface area contributed by atoms with Crippen molar-refractivity contribution in [1.82, 2.24) is 9.78 Å². The molecule has 4 heteroatoms. The highest BCUT2D eigenvalue weighted by Gasteiger charge is 2.06. The van der Waals surface area contributed by atoms with Gasteiger partial charge in [0.1, 0.15) is 0 Å². The molecule has 0 aliphatic heterocycles. The van der Waals surface area contributed by atoms with Gasteiger partial charge in [0.15, 0.2) is 6.10 Å². The molecule has 0 fully saturated rings. The standard InChI is InChI=1S/C7H9N3O/c1-2-10-5-6(4-9-10)7(11)3-8/h4-5,7,11H,2H2,1H3. The summed E-state index contributed by atoms with van der Waals surface area (Å²) in [6.45, 7) is 2.69. The van der Waals surface area contributed by atoms with Crippen molar-refractivity contribution in [3.8, 4) is 6.07 Å². The van der Waals surface area contributed by atoms with E-state index in [2.05, 4.69) is 5.10 Å². The van der Waals surface area contributed by atoms with Crippen LogP contribution in [0, 0.1) is 11.3 Å². The van der Waals surface area contributed by atoms with Crippen LogP contribution in [0.25, 0.3) is 0 Å². The third-order valence-electron chi connectivity index (χ3n) is 1.42. The van der Waals surface area contributed by atoms with Gasteiger partial charge in [0.25, 0.3) is 0 Å². The van der Waals surface area contributed by atoms with Crippen LogP contribution in [0.1, 0.15) is 18.6 Å². The van der Waals surface area contributed by atoms with E-state index in [-0.39, 0.29) is 0 Å². The van der Waals surface area contributed by atoms with Gasteiger partial charge in [-0.3, -0.25) is 4.68 Å². The largest absolute Gasteiger partial charge is 0.374 e. The average molecular weight is 151 g/mol. The van der Waals surface area contributed by atoms with E-state index in [1.54, 1.807) is 16.9 Å². The summed E-state index contributed by atoms with van der Waals surface area (Å²) in [7, 11) is 0. The van der Waals surface area contributed by atoms with Gasteiger partial charge in [-0.2, -0.15) is 10.4 Å². The molecule has 0 saturated carbocycles. The molecule has 0 bridgehead atoms. The highest BCUT2D eigenvalue weighted by Crippen LogP contribution is 2.09. The van der Waals surface area contributed by atoms with E-state index in [0.29, 0.717) is 5.56 Å². The minimum atomic E-state index is -1.05. The number of hydrogen-bond donors (Lipinski definition) is 1. The maximum absolute atomic E-state index is 9.02. The summed E-state index contributed by atoms with van der Waals surface area (Å²) in [5, 5.41) is 21.3. The molecule has 11 heavy (non-hydrogen) atoms. The van der Waals surface area contributed by atoms with E-state index in [4.69, 9.17) is 10.4 Å². The average Bonchev–Trinajstić information content (AvgIpc) is 2.50. The molecule has 1 rings (SSSR count). The highest BCUT2D eigenvalue weighted by atomic mass is 16.3. The quantitative estimate of drug-likeness (QED) is 0.624. The lowest BCUT2D eigenvalue weighted by Gasteiger charge is -1.93. The lowest BCUT2D eigenvalue weighted by atomic mass is 10.2. The summed E-state index contributed by atoms with van der Waals surface area (Å²) in [5.41, 5.74) is 0.550. The van der Waals surface area contributed by atoms with Crippen LogP contribution in [0.5, 0.6) is 0 Å². The van der Waals surface area contributed by atoms with E-state index in [9.17, 15) is 0 Å². The van der Waals surface area contributed by atoms with Crippen LogP contribution in [0.4, 0.5) is 0 Å². The first kappa shape index (κ1) is 7.76. The Labute approximate surface area is 64.7 Å². The van der Waals surface area contributed by atoms with E-state index in [0.717, 1.165) is 6.54 Å². The molecule has 4 nitrogen and oxygen atoms in total. The summed E-state index contributed by atoms with van der Waals surface area (Å²) < 4.78 is 1.66. The maximum atomic E-state index is 9.02. The Kier molecular flexibility index (Phi) is 2.24. The van der Waals surface area contributed by atoms with Crippen LogP contribution in [-0.2, 0) is 6.54 Å². The maximum Gasteiger partial charge on any atom is 0.168 e. The van der Waals surface area contributed by atoms with Gasteiger partial charge < -0.3 is 5.11 Å². The molecule has 1 heterocycles. The first-order valence-electron chi connectivity index (χ1n) is 3.38. The number of nitrogens with zero attached hydrogens (tertiary/aromatic N) is 3. The number of aromatic nitrogens is 2. The Hall–Kier alpha value is -1.34. The summed E-state index contributed by atoms with van der Waals surface area (Å²) in [5.74, 6) is 0. The van der Waals surface area contributed by atoms with Crippen molar-refractivity contribution in [2.75, 3.05) is 0 Å². The fourth-order valence-electron chi connectivity index (χ4n) is 0.768. The third kappa shape index (κ3) is 1.57. The molecule has 58 valence electrons. The molecule has 1 aromatic heterocycles. The monoisotopic (exact) mass is 151 g/mol. The molecule has 0 aliphatic carbocycles. The SMILES string of the molecule is CCn1cc(C(O)C#N)cn1. The Balaban J connectivity index is 2.82. The van der Waals surface area contributed by atoms with Crippen LogP contribution in [0.3, 0.4) is 0 Å². The van der Waals surface area contributed by atoms with Gasteiger partial charge in [-0.25, -0.2) is 0 Å². The fourth-order valence-corrected chi connectivity index (χ4v) is 0.768. The molecule has 1 aromatic rings. The predicted molar refractivity (Wildman–Crippen MR) is 38.5 cm³/mol. The fraction of sp³-hybridized carbons (Fsp3) is 0.429. The summed E-state index contributed by atoms with van der Waals surface area (Å²) in [6, 6.07) is 1.72. The molecular formula is C7H9N3O. The van der Waals surface area contributed by atoms with Crippen molar-refractivity contribution >= 4 is 0 Å². The lowest BCUT2D eigenvalue weighted by molar-refractivity contribution is 0.236. The van der Waals surface area contributed by atoms with Crippen molar-refractivity contribution in [3.63, 3.8) is 0 Å². The summed E-state index contributed by atoms with van der Waals surface area (Å²) >= 11 is 0. The van der Waals surface area contributed by atoms with Crippen LogP contribution >= 0.6 is 0 Å². The van der Waals surface area contributed by atoms with Gasteiger partial charge in [0.2, 0.25) is 0 Å². The second kappa shape index (κ2) is 3.17. The van der Waals surface area contributed by atoms with Crippen LogP contribution in [-0.4, -0.2) is 14.9 Å². The molecule has 0 spiro atoms. The first-order valence-corrected chi connectivity index (χ1v) is 3.38. The molecule has 0 aliphatic rings. The molecular weight excluding hydrogens is 142 g/mol. The number of rotatable bonds is 2. The number of nitriles is 1. The minimum absolute atomic E-state index is 0.550.